The summed E-state index contributed by atoms with van der Waals surface area (Å²) in [6, 6.07) is 6.72. The Morgan fingerprint density at radius 2 is 1.71 bits per heavy atom. The van der Waals surface area contributed by atoms with Crippen molar-refractivity contribution in [2.75, 3.05) is 16.4 Å². The second kappa shape index (κ2) is 6.45. The molecule has 24 heavy (non-hydrogen) atoms. The first-order valence-electron chi connectivity index (χ1n) is 7.05. The Labute approximate surface area is 136 Å². The minimum absolute atomic E-state index is 0.0696. The molecule has 0 radical (unpaired) electrons. The molecule has 0 spiro atoms. The molecule has 3 rings (SSSR count). The molecular formula is C16H14F2N6. The summed E-state index contributed by atoms with van der Waals surface area (Å²) in [4.78, 5) is 12.2. The highest BCUT2D eigenvalue weighted by Crippen LogP contribution is 2.28. The van der Waals surface area contributed by atoms with Crippen molar-refractivity contribution in [3.63, 3.8) is 0 Å². The summed E-state index contributed by atoms with van der Waals surface area (Å²) in [5.74, 6) is -0.184. The lowest BCUT2D eigenvalue weighted by molar-refractivity contribution is 0.603. The topological polar surface area (TPSA) is 88.8 Å². The minimum atomic E-state index is -0.621. The van der Waals surface area contributed by atoms with E-state index in [-0.39, 0.29) is 17.2 Å². The van der Waals surface area contributed by atoms with E-state index in [0.29, 0.717) is 11.6 Å². The number of halogens is 2. The van der Waals surface area contributed by atoms with Gasteiger partial charge >= 0.3 is 0 Å². The monoisotopic (exact) mass is 328 g/mol. The van der Waals surface area contributed by atoms with Crippen LogP contribution in [-0.4, -0.2) is 15.0 Å². The highest BCUT2D eigenvalue weighted by atomic mass is 19.1. The highest BCUT2D eigenvalue weighted by molar-refractivity contribution is 5.79. The first-order chi connectivity index (χ1) is 11.5. The summed E-state index contributed by atoms with van der Waals surface area (Å²) < 4.78 is 27.0. The summed E-state index contributed by atoms with van der Waals surface area (Å²) >= 11 is 0. The Bertz CT molecular complexity index is 867. The Morgan fingerprint density at radius 3 is 2.42 bits per heavy atom. The van der Waals surface area contributed by atoms with Gasteiger partial charge in [0.2, 0.25) is 0 Å². The molecule has 8 heteroatoms. The normalized spacial score (nSPS) is 10.5. The molecule has 0 atom stereocenters. The van der Waals surface area contributed by atoms with E-state index < -0.39 is 11.6 Å². The number of nitrogens with two attached hydrogens (primary N) is 1. The van der Waals surface area contributed by atoms with E-state index in [1.54, 1.807) is 12.3 Å². The van der Waals surface area contributed by atoms with Gasteiger partial charge < -0.3 is 16.4 Å². The summed E-state index contributed by atoms with van der Waals surface area (Å²) in [5.41, 5.74) is 7.10. The minimum Gasteiger partial charge on any atom is -0.393 e. The first kappa shape index (κ1) is 15.6. The highest BCUT2D eigenvalue weighted by Gasteiger charge is 2.11. The van der Waals surface area contributed by atoms with Crippen LogP contribution in [0, 0.1) is 18.6 Å². The van der Waals surface area contributed by atoms with E-state index in [0.717, 1.165) is 23.8 Å². The van der Waals surface area contributed by atoms with Crippen molar-refractivity contribution in [2.45, 2.75) is 6.92 Å². The van der Waals surface area contributed by atoms with Gasteiger partial charge in [-0.25, -0.2) is 23.7 Å². The smallest absolute Gasteiger partial charge is 0.160 e. The fourth-order valence-electron chi connectivity index (χ4n) is 1.98. The van der Waals surface area contributed by atoms with Crippen LogP contribution in [0.3, 0.4) is 0 Å². The average Bonchev–Trinajstić information content (AvgIpc) is 2.56. The summed E-state index contributed by atoms with van der Waals surface area (Å²) in [5, 5.41) is 5.62. The molecule has 122 valence electrons. The number of pyridine rings is 1. The van der Waals surface area contributed by atoms with Gasteiger partial charge in [-0.1, -0.05) is 6.07 Å². The van der Waals surface area contributed by atoms with E-state index in [4.69, 9.17) is 5.73 Å². The number of nitrogens with zero attached hydrogens (tertiary/aromatic N) is 3. The fourth-order valence-corrected chi connectivity index (χ4v) is 1.98. The molecule has 0 unspecified atom stereocenters. The number of aryl methyl sites for hydroxylation is 1. The maximum atomic E-state index is 13.7. The Balaban J connectivity index is 1.88. The zero-order chi connectivity index (χ0) is 17.1. The van der Waals surface area contributed by atoms with E-state index >= 15 is 0 Å². The molecule has 2 aromatic heterocycles. The molecule has 0 aliphatic heterocycles. The summed E-state index contributed by atoms with van der Waals surface area (Å²) in [7, 11) is 0. The molecule has 4 N–H and O–H groups in total. The van der Waals surface area contributed by atoms with Crippen molar-refractivity contribution in [1.82, 2.24) is 15.0 Å². The lowest BCUT2D eigenvalue weighted by Gasteiger charge is -2.12. The first-order valence-corrected chi connectivity index (χ1v) is 7.05. The largest absolute Gasteiger partial charge is 0.393 e. The van der Waals surface area contributed by atoms with Crippen molar-refractivity contribution >= 4 is 28.8 Å². The van der Waals surface area contributed by atoms with E-state index in [1.165, 1.54) is 6.33 Å². The second-order valence-electron chi connectivity index (χ2n) is 5.08. The molecule has 0 saturated carbocycles. The van der Waals surface area contributed by atoms with E-state index in [9.17, 15) is 8.78 Å². The van der Waals surface area contributed by atoms with Crippen LogP contribution in [0.1, 0.15) is 5.56 Å². The van der Waals surface area contributed by atoms with Crippen molar-refractivity contribution in [2.24, 2.45) is 0 Å². The fraction of sp³-hybridized carbons (Fsp3) is 0.0625. The quantitative estimate of drug-likeness (QED) is 0.679. The van der Waals surface area contributed by atoms with Gasteiger partial charge in [-0.15, -0.1) is 0 Å². The van der Waals surface area contributed by atoms with Crippen molar-refractivity contribution in [3.05, 3.63) is 60.1 Å². The summed E-state index contributed by atoms with van der Waals surface area (Å²) in [6.07, 6.45) is 2.95. The number of anilines is 5. The lowest BCUT2D eigenvalue weighted by atomic mass is 10.3. The van der Waals surface area contributed by atoms with Crippen LogP contribution in [0.25, 0.3) is 0 Å². The molecule has 6 nitrogen and oxygen atoms in total. The Kier molecular flexibility index (Phi) is 4.19. The van der Waals surface area contributed by atoms with Crippen molar-refractivity contribution in [3.8, 4) is 0 Å². The molecule has 0 bridgehead atoms. The van der Waals surface area contributed by atoms with Gasteiger partial charge in [0.05, 0.1) is 5.69 Å². The lowest BCUT2D eigenvalue weighted by Crippen LogP contribution is -2.06. The standard InChI is InChI=1S/C16H14F2N6/c1-9-2-5-13(20-7-9)24-16-14(19)15(21-8-22-16)23-12-6-10(17)3-4-11(12)18/h2-8H,19H2,1H3,(H2,20,21,22,23,24). The number of nitrogen functional groups attached to an aromatic ring is 1. The number of rotatable bonds is 4. The number of benzene rings is 1. The maximum Gasteiger partial charge on any atom is 0.160 e. The molecule has 0 aliphatic rings. The van der Waals surface area contributed by atoms with E-state index in [2.05, 4.69) is 25.6 Å². The maximum absolute atomic E-state index is 13.7. The van der Waals surface area contributed by atoms with Gasteiger partial charge in [-0.2, -0.15) is 0 Å². The molecule has 1 aromatic carbocycles. The third-order valence-corrected chi connectivity index (χ3v) is 3.22. The predicted molar refractivity (Wildman–Crippen MR) is 88.3 cm³/mol. The van der Waals surface area contributed by atoms with Crippen LogP contribution in [0.2, 0.25) is 0 Å². The van der Waals surface area contributed by atoms with Crippen LogP contribution in [0.15, 0.2) is 42.9 Å². The van der Waals surface area contributed by atoms with Crippen LogP contribution < -0.4 is 16.4 Å². The molecule has 3 aromatic rings. The SMILES string of the molecule is Cc1ccc(Nc2ncnc(Nc3cc(F)ccc3F)c2N)nc1. The molecular weight excluding hydrogens is 314 g/mol. The molecule has 0 saturated heterocycles. The second-order valence-corrected chi connectivity index (χ2v) is 5.08. The Morgan fingerprint density at radius 1 is 0.958 bits per heavy atom. The van der Waals surface area contributed by atoms with Gasteiger partial charge in [0.1, 0.15) is 29.5 Å². The predicted octanol–water partition coefficient (Wildman–Crippen LogP) is 3.53. The van der Waals surface area contributed by atoms with Crippen LogP contribution >= 0.6 is 0 Å². The average molecular weight is 328 g/mol. The van der Waals surface area contributed by atoms with Gasteiger partial charge in [-0.05, 0) is 30.7 Å². The third-order valence-electron chi connectivity index (χ3n) is 3.22. The number of nitrogens with one attached hydrogen (secondary N) is 2. The molecule has 0 amide bonds. The molecule has 2 heterocycles. The van der Waals surface area contributed by atoms with Crippen molar-refractivity contribution < 1.29 is 8.78 Å². The number of hydrogen-bond donors (Lipinski definition) is 3. The van der Waals surface area contributed by atoms with E-state index in [1.807, 2.05) is 13.0 Å². The van der Waals surface area contributed by atoms with Crippen LogP contribution in [-0.2, 0) is 0 Å². The van der Waals surface area contributed by atoms with Gasteiger partial charge in [-0.3, -0.25) is 0 Å². The number of hydrogen-bond acceptors (Lipinski definition) is 6. The van der Waals surface area contributed by atoms with Gasteiger partial charge in [0.15, 0.2) is 11.6 Å². The third kappa shape index (κ3) is 3.37. The number of aromatic nitrogens is 3. The van der Waals surface area contributed by atoms with Crippen LogP contribution in [0.5, 0.6) is 0 Å². The summed E-state index contributed by atoms with van der Waals surface area (Å²) in [6.45, 7) is 1.92. The van der Waals surface area contributed by atoms with Gasteiger partial charge in [0.25, 0.3) is 0 Å². The molecule has 0 aliphatic carbocycles. The van der Waals surface area contributed by atoms with Crippen molar-refractivity contribution in [1.29, 1.82) is 0 Å². The molecule has 0 fully saturated rings. The Hall–Kier alpha value is -3.29. The zero-order valence-corrected chi connectivity index (χ0v) is 12.7. The zero-order valence-electron chi connectivity index (χ0n) is 12.7. The van der Waals surface area contributed by atoms with Crippen LogP contribution in [0.4, 0.5) is 37.6 Å². The van der Waals surface area contributed by atoms with Gasteiger partial charge in [0, 0.05) is 12.3 Å².